The summed E-state index contributed by atoms with van der Waals surface area (Å²) in [5.41, 5.74) is 0.636. The first-order chi connectivity index (χ1) is 8.17. The highest BCUT2D eigenvalue weighted by atomic mass is 79.9. The van der Waals surface area contributed by atoms with Crippen molar-refractivity contribution in [1.29, 1.82) is 0 Å². The Balaban J connectivity index is 2.80. The average Bonchev–Trinajstić information content (AvgIpc) is 2.29. The molecule has 1 N–H and O–H groups in total. The number of nitrogens with one attached hydrogen (secondary N) is 1. The van der Waals surface area contributed by atoms with Crippen LogP contribution in [-0.4, -0.2) is 13.0 Å². The molecule has 0 atom stereocenters. The second kappa shape index (κ2) is 6.91. The van der Waals surface area contributed by atoms with Crippen LogP contribution in [0.25, 0.3) is 0 Å². The van der Waals surface area contributed by atoms with Gasteiger partial charge in [0.1, 0.15) is 5.75 Å². The SMILES string of the molecule is C/C=C/C=C/C(=O)Nc1cc(Br)ccc1OC. The van der Waals surface area contributed by atoms with Crippen molar-refractivity contribution >= 4 is 27.5 Å². The predicted molar refractivity (Wildman–Crippen MR) is 73.3 cm³/mol. The fourth-order valence-corrected chi connectivity index (χ4v) is 1.57. The number of carbonyl (C=O) groups is 1. The van der Waals surface area contributed by atoms with Gasteiger partial charge >= 0.3 is 0 Å². The molecule has 0 aliphatic heterocycles. The number of benzene rings is 1. The largest absolute Gasteiger partial charge is 0.495 e. The summed E-state index contributed by atoms with van der Waals surface area (Å²) in [5.74, 6) is 0.431. The molecular formula is C13H14BrNO2. The molecule has 0 bridgehead atoms. The van der Waals surface area contributed by atoms with Crippen LogP contribution in [0, 0.1) is 0 Å². The molecule has 3 nitrogen and oxygen atoms in total. The lowest BCUT2D eigenvalue weighted by Gasteiger charge is -2.08. The van der Waals surface area contributed by atoms with Crippen LogP contribution in [0.15, 0.2) is 47.0 Å². The van der Waals surface area contributed by atoms with Crippen LogP contribution in [-0.2, 0) is 4.79 Å². The molecular weight excluding hydrogens is 282 g/mol. The fourth-order valence-electron chi connectivity index (χ4n) is 1.21. The van der Waals surface area contributed by atoms with Crippen molar-refractivity contribution in [3.8, 4) is 5.75 Å². The highest BCUT2D eigenvalue weighted by Gasteiger charge is 2.05. The maximum absolute atomic E-state index is 11.6. The zero-order valence-electron chi connectivity index (χ0n) is 9.74. The van der Waals surface area contributed by atoms with Crippen LogP contribution >= 0.6 is 15.9 Å². The van der Waals surface area contributed by atoms with E-state index in [1.807, 2.05) is 19.1 Å². The van der Waals surface area contributed by atoms with Gasteiger partial charge in [-0.2, -0.15) is 0 Å². The van der Waals surface area contributed by atoms with Crippen LogP contribution in [0.1, 0.15) is 6.92 Å². The molecule has 90 valence electrons. The topological polar surface area (TPSA) is 38.3 Å². The number of rotatable bonds is 4. The first-order valence-electron chi connectivity index (χ1n) is 5.11. The minimum atomic E-state index is -0.195. The van der Waals surface area contributed by atoms with Crippen LogP contribution < -0.4 is 10.1 Å². The van der Waals surface area contributed by atoms with E-state index < -0.39 is 0 Å². The number of carbonyl (C=O) groups excluding carboxylic acids is 1. The summed E-state index contributed by atoms with van der Waals surface area (Å²) in [6.45, 7) is 1.89. The summed E-state index contributed by atoms with van der Waals surface area (Å²) in [6, 6.07) is 5.43. The standard InChI is InChI=1S/C13H14BrNO2/c1-3-4-5-6-13(16)15-11-9-10(14)7-8-12(11)17-2/h3-9H,1-2H3,(H,15,16)/b4-3+,6-5+. The second-order valence-electron chi connectivity index (χ2n) is 3.22. The number of hydrogen-bond donors (Lipinski definition) is 1. The molecule has 0 unspecified atom stereocenters. The van der Waals surface area contributed by atoms with Gasteiger partial charge in [0, 0.05) is 10.5 Å². The molecule has 0 saturated heterocycles. The van der Waals surface area contributed by atoms with Crippen molar-refractivity contribution in [3.63, 3.8) is 0 Å². The van der Waals surface area contributed by atoms with E-state index in [-0.39, 0.29) is 5.91 Å². The van der Waals surface area contributed by atoms with E-state index in [0.29, 0.717) is 11.4 Å². The number of methoxy groups -OCH3 is 1. The smallest absolute Gasteiger partial charge is 0.248 e. The van der Waals surface area contributed by atoms with Crippen molar-refractivity contribution in [2.24, 2.45) is 0 Å². The quantitative estimate of drug-likeness (QED) is 0.682. The maximum Gasteiger partial charge on any atom is 0.248 e. The second-order valence-corrected chi connectivity index (χ2v) is 4.13. The number of hydrogen-bond acceptors (Lipinski definition) is 2. The molecule has 0 aliphatic carbocycles. The van der Waals surface area contributed by atoms with Crippen LogP contribution in [0.4, 0.5) is 5.69 Å². The maximum atomic E-state index is 11.6. The van der Waals surface area contributed by atoms with Gasteiger partial charge in [0.15, 0.2) is 0 Å². The third-order valence-corrected chi connectivity index (χ3v) is 2.46. The highest BCUT2D eigenvalue weighted by Crippen LogP contribution is 2.27. The van der Waals surface area contributed by atoms with Gasteiger partial charge in [-0.3, -0.25) is 4.79 Å². The summed E-state index contributed by atoms with van der Waals surface area (Å²) in [7, 11) is 1.56. The lowest BCUT2D eigenvalue weighted by molar-refractivity contribution is -0.111. The minimum Gasteiger partial charge on any atom is -0.495 e. The molecule has 17 heavy (non-hydrogen) atoms. The average molecular weight is 296 g/mol. The third-order valence-electron chi connectivity index (χ3n) is 1.97. The van der Waals surface area contributed by atoms with Gasteiger partial charge in [-0.1, -0.05) is 34.2 Å². The van der Waals surface area contributed by atoms with Gasteiger partial charge in [0.25, 0.3) is 0 Å². The van der Waals surface area contributed by atoms with E-state index in [4.69, 9.17) is 4.74 Å². The molecule has 1 aromatic rings. The molecule has 0 saturated carbocycles. The van der Waals surface area contributed by atoms with E-state index >= 15 is 0 Å². The van der Waals surface area contributed by atoms with Gasteiger partial charge in [-0.15, -0.1) is 0 Å². The molecule has 1 aromatic carbocycles. The molecule has 0 spiro atoms. The molecule has 0 radical (unpaired) electrons. The van der Waals surface area contributed by atoms with E-state index in [2.05, 4.69) is 21.2 Å². The summed E-state index contributed by atoms with van der Waals surface area (Å²) < 4.78 is 6.03. The van der Waals surface area contributed by atoms with Crippen LogP contribution in [0.5, 0.6) is 5.75 Å². The highest BCUT2D eigenvalue weighted by molar-refractivity contribution is 9.10. The Morgan fingerprint density at radius 1 is 1.41 bits per heavy atom. The Morgan fingerprint density at radius 2 is 2.18 bits per heavy atom. The van der Waals surface area contributed by atoms with Gasteiger partial charge in [0.05, 0.1) is 12.8 Å². The van der Waals surface area contributed by atoms with Crippen molar-refractivity contribution in [2.45, 2.75) is 6.92 Å². The first-order valence-corrected chi connectivity index (χ1v) is 5.90. The van der Waals surface area contributed by atoms with E-state index in [9.17, 15) is 4.79 Å². The van der Waals surface area contributed by atoms with Crippen LogP contribution in [0.2, 0.25) is 0 Å². The lowest BCUT2D eigenvalue weighted by Crippen LogP contribution is -2.08. The normalized spacial score (nSPS) is 11.0. The van der Waals surface area contributed by atoms with Gasteiger partial charge in [-0.05, 0) is 25.1 Å². The Kier molecular flexibility index (Phi) is 5.49. The number of amides is 1. The monoisotopic (exact) mass is 295 g/mol. The predicted octanol–water partition coefficient (Wildman–Crippen LogP) is 3.53. The van der Waals surface area contributed by atoms with E-state index in [1.54, 1.807) is 31.4 Å². The Hall–Kier alpha value is -1.55. The van der Waals surface area contributed by atoms with Crippen LogP contribution in [0.3, 0.4) is 0 Å². The summed E-state index contributed by atoms with van der Waals surface area (Å²) in [5, 5.41) is 2.75. The van der Waals surface area contributed by atoms with E-state index in [1.165, 1.54) is 6.08 Å². The lowest BCUT2D eigenvalue weighted by atomic mass is 10.3. The van der Waals surface area contributed by atoms with E-state index in [0.717, 1.165) is 4.47 Å². The molecule has 0 fully saturated rings. The summed E-state index contributed by atoms with van der Waals surface area (Å²) in [4.78, 5) is 11.6. The van der Waals surface area contributed by atoms with Crippen molar-refractivity contribution in [2.75, 3.05) is 12.4 Å². The fraction of sp³-hybridized carbons (Fsp3) is 0.154. The van der Waals surface area contributed by atoms with Gasteiger partial charge in [0.2, 0.25) is 5.91 Å². The number of halogens is 1. The molecule has 4 heteroatoms. The van der Waals surface area contributed by atoms with Gasteiger partial charge in [-0.25, -0.2) is 0 Å². The Morgan fingerprint density at radius 3 is 2.82 bits per heavy atom. The number of allylic oxidation sites excluding steroid dienone is 3. The summed E-state index contributed by atoms with van der Waals surface area (Å²) >= 11 is 3.34. The minimum absolute atomic E-state index is 0.195. The molecule has 1 rings (SSSR count). The zero-order chi connectivity index (χ0) is 12.7. The summed E-state index contributed by atoms with van der Waals surface area (Å²) in [6.07, 6.45) is 6.78. The Bertz CT molecular complexity index is 453. The van der Waals surface area contributed by atoms with Crippen molar-refractivity contribution < 1.29 is 9.53 Å². The number of ether oxygens (including phenoxy) is 1. The Labute approximate surface area is 109 Å². The van der Waals surface area contributed by atoms with Gasteiger partial charge < -0.3 is 10.1 Å². The van der Waals surface area contributed by atoms with Crippen molar-refractivity contribution in [1.82, 2.24) is 0 Å². The molecule has 0 aromatic heterocycles. The molecule has 0 heterocycles. The zero-order valence-corrected chi connectivity index (χ0v) is 11.3. The first kappa shape index (κ1) is 13.5. The third kappa shape index (κ3) is 4.44. The number of anilines is 1. The molecule has 0 aliphatic rings. The van der Waals surface area contributed by atoms with Crippen molar-refractivity contribution in [3.05, 3.63) is 47.0 Å². The molecule has 1 amide bonds.